The minimum absolute atomic E-state index is 0.253. The average molecular weight is 952 g/mol. The molecule has 67 heavy (non-hydrogen) atoms. The maximum Gasteiger partial charge on any atom is 0.249 e. The summed E-state index contributed by atoms with van der Waals surface area (Å²) >= 11 is 0. The molecule has 1 fully saturated rings. The van der Waals surface area contributed by atoms with Crippen LogP contribution in [0.5, 0.6) is 0 Å². The second kappa shape index (κ2) is 45.5. The first kappa shape index (κ1) is 63.3. The average Bonchev–Trinajstić information content (AvgIpc) is 3.33. The highest BCUT2D eigenvalue weighted by Gasteiger charge is 2.44. The van der Waals surface area contributed by atoms with E-state index in [1.807, 2.05) is 0 Å². The molecule has 0 saturated carbocycles. The highest BCUT2D eigenvalue weighted by Crippen LogP contribution is 2.23. The van der Waals surface area contributed by atoms with Gasteiger partial charge in [-0.15, -0.1) is 0 Å². The van der Waals surface area contributed by atoms with Gasteiger partial charge in [0.1, 0.15) is 36.6 Å². The van der Waals surface area contributed by atoms with Gasteiger partial charge in [-0.25, -0.2) is 0 Å². The number of hydrogen-bond acceptors (Lipinski definition) is 10. The molecule has 1 saturated heterocycles. The molecular weight excluding hydrogens is 847 g/mol. The number of allylic oxidation sites excluding steroid dienone is 6. The van der Waals surface area contributed by atoms with Crippen LogP contribution in [0.3, 0.4) is 0 Å². The van der Waals surface area contributed by atoms with Gasteiger partial charge in [0.05, 0.1) is 25.4 Å². The van der Waals surface area contributed by atoms with Crippen LogP contribution >= 0.6 is 0 Å². The number of hydrogen-bond donors (Lipinski definition) is 8. The number of aliphatic hydroxyl groups excluding tert-OH is 7. The van der Waals surface area contributed by atoms with Gasteiger partial charge in [0, 0.05) is 0 Å². The molecule has 11 nitrogen and oxygen atoms in total. The second-order valence-electron chi connectivity index (χ2n) is 19.6. The molecule has 0 spiro atoms. The summed E-state index contributed by atoms with van der Waals surface area (Å²) in [7, 11) is 0. The van der Waals surface area contributed by atoms with Gasteiger partial charge < -0.3 is 50.5 Å². The van der Waals surface area contributed by atoms with Gasteiger partial charge in [-0.2, -0.15) is 0 Å². The van der Waals surface area contributed by atoms with Gasteiger partial charge in [-0.1, -0.05) is 217 Å². The van der Waals surface area contributed by atoms with Crippen LogP contribution in [0.4, 0.5) is 0 Å². The molecule has 8 N–H and O–H groups in total. The van der Waals surface area contributed by atoms with Crippen molar-refractivity contribution in [3.63, 3.8) is 0 Å². The fraction of sp³-hybridized carbons (Fsp3) is 0.875. The highest BCUT2D eigenvalue weighted by molar-refractivity contribution is 5.80. The lowest BCUT2D eigenvalue weighted by atomic mass is 9.98. The molecule has 0 aliphatic carbocycles. The Bertz CT molecular complexity index is 1180. The van der Waals surface area contributed by atoms with Crippen molar-refractivity contribution in [2.75, 3.05) is 13.2 Å². The second-order valence-corrected chi connectivity index (χ2v) is 19.6. The summed E-state index contributed by atoms with van der Waals surface area (Å²) in [6.45, 7) is 3.36. The zero-order valence-corrected chi connectivity index (χ0v) is 42.9. The van der Waals surface area contributed by atoms with Crippen LogP contribution in [0.1, 0.15) is 245 Å². The minimum atomic E-state index is -1.67. The van der Waals surface area contributed by atoms with Crippen molar-refractivity contribution in [2.24, 2.45) is 0 Å². The van der Waals surface area contributed by atoms with E-state index in [1.165, 1.54) is 154 Å². The van der Waals surface area contributed by atoms with Crippen molar-refractivity contribution in [2.45, 2.75) is 300 Å². The molecule has 1 heterocycles. The monoisotopic (exact) mass is 952 g/mol. The first-order chi connectivity index (χ1) is 32.7. The third kappa shape index (κ3) is 34.3. The van der Waals surface area contributed by atoms with Crippen molar-refractivity contribution in [3.05, 3.63) is 36.5 Å². The standard InChI is InChI=1S/C56H105NO10/c1-3-5-7-9-11-13-15-17-19-21-23-25-27-29-31-33-35-37-39-41-43-48(59)51(61)47(46-66-56-54(64)53(63)52(62)50(45-58)67-56)57-55(65)49(60)44-42-40-38-36-34-32-30-28-26-24-22-20-18-16-14-12-10-8-6-4-2/h6,8,12,14,35,37,47-54,56,58-64H,3-5,7,9-11,13,15-34,36,38-46H2,1-2H3,(H,57,65)/b8-6-,14-12-,37-35+. The fourth-order valence-corrected chi connectivity index (χ4v) is 8.89. The molecule has 9 atom stereocenters. The largest absolute Gasteiger partial charge is 0.394 e. The third-order valence-electron chi connectivity index (χ3n) is 13.4. The predicted molar refractivity (Wildman–Crippen MR) is 275 cm³/mol. The van der Waals surface area contributed by atoms with Crippen LogP contribution in [0.2, 0.25) is 0 Å². The van der Waals surface area contributed by atoms with Crippen molar-refractivity contribution < 1.29 is 50.0 Å². The quantitative estimate of drug-likeness (QED) is 0.0215. The van der Waals surface area contributed by atoms with Gasteiger partial charge in [0.15, 0.2) is 6.29 Å². The number of rotatable bonds is 47. The first-order valence-electron chi connectivity index (χ1n) is 27.9. The van der Waals surface area contributed by atoms with E-state index in [2.05, 4.69) is 55.6 Å². The normalized spacial score (nSPS) is 20.9. The van der Waals surface area contributed by atoms with E-state index < -0.39 is 74.2 Å². The van der Waals surface area contributed by atoms with Crippen molar-refractivity contribution in [1.29, 1.82) is 0 Å². The van der Waals surface area contributed by atoms with Crippen LogP contribution in [-0.4, -0.2) is 110 Å². The molecule has 0 bridgehead atoms. The molecular formula is C56H105NO10. The molecule has 394 valence electrons. The van der Waals surface area contributed by atoms with E-state index in [0.717, 1.165) is 51.4 Å². The van der Waals surface area contributed by atoms with Gasteiger partial charge in [-0.3, -0.25) is 4.79 Å². The lowest BCUT2D eigenvalue weighted by Gasteiger charge is -2.40. The van der Waals surface area contributed by atoms with Gasteiger partial charge >= 0.3 is 0 Å². The Morgan fingerprint density at radius 1 is 0.537 bits per heavy atom. The van der Waals surface area contributed by atoms with E-state index in [9.17, 15) is 40.5 Å². The van der Waals surface area contributed by atoms with Gasteiger partial charge in [0.25, 0.3) is 0 Å². The number of unbranched alkanes of at least 4 members (excludes halogenated alkanes) is 29. The van der Waals surface area contributed by atoms with Crippen LogP contribution in [0.15, 0.2) is 36.5 Å². The number of aliphatic hydroxyl groups is 7. The van der Waals surface area contributed by atoms with Crippen LogP contribution in [0, 0.1) is 0 Å². The molecule has 1 amide bonds. The number of ether oxygens (including phenoxy) is 2. The smallest absolute Gasteiger partial charge is 0.249 e. The Balaban J connectivity index is 2.35. The van der Waals surface area contributed by atoms with Crippen LogP contribution in [0.25, 0.3) is 0 Å². The summed E-state index contributed by atoms with van der Waals surface area (Å²) in [5.74, 6) is -0.706. The SMILES string of the molecule is CC/C=C\C/C=C\CCCCCCCCCCCCCCCC(O)C(=O)NC(COC1OC(CO)C(O)C(O)C1O)C(O)C(O)CCC/C=C/CCCCCCCCCCCCCCCCC. The number of nitrogens with one attached hydrogen (secondary N) is 1. The van der Waals surface area contributed by atoms with Crippen molar-refractivity contribution in [3.8, 4) is 0 Å². The lowest BCUT2D eigenvalue weighted by molar-refractivity contribution is -0.303. The van der Waals surface area contributed by atoms with Crippen LogP contribution < -0.4 is 5.32 Å². The minimum Gasteiger partial charge on any atom is -0.394 e. The van der Waals surface area contributed by atoms with Gasteiger partial charge in [0.2, 0.25) is 5.91 Å². The molecule has 0 aromatic rings. The Hall–Kier alpha value is -1.67. The zero-order chi connectivity index (χ0) is 49.0. The summed E-state index contributed by atoms with van der Waals surface area (Å²) in [5.41, 5.74) is 0. The Labute approximate surface area is 409 Å². The van der Waals surface area contributed by atoms with E-state index in [0.29, 0.717) is 12.8 Å². The third-order valence-corrected chi connectivity index (χ3v) is 13.4. The Kier molecular flexibility index (Phi) is 43.0. The van der Waals surface area contributed by atoms with E-state index in [4.69, 9.17) is 9.47 Å². The van der Waals surface area contributed by atoms with Crippen LogP contribution in [-0.2, 0) is 14.3 Å². The summed E-state index contributed by atoms with van der Waals surface area (Å²) in [6, 6.07) is -1.18. The summed E-state index contributed by atoms with van der Waals surface area (Å²) < 4.78 is 11.1. The molecule has 0 aromatic heterocycles. The lowest BCUT2D eigenvalue weighted by Crippen LogP contribution is -2.60. The van der Waals surface area contributed by atoms with Crippen molar-refractivity contribution >= 4 is 5.91 Å². The summed E-state index contributed by atoms with van der Waals surface area (Å²) in [4.78, 5) is 13.2. The predicted octanol–water partition coefficient (Wildman–Crippen LogP) is 11.1. The topological polar surface area (TPSA) is 189 Å². The molecule has 1 rings (SSSR count). The summed E-state index contributed by atoms with van der Waals surface area (Å²) in [5, 5.41) is 76.0. The fourth-order valence-electron chi connectivity index (χ4n) is 8.89. The Morgan fingerprint density at radius 3 is 1.45 bits per heavy atom. The van der Waals surface area contributed by atoms with Gasteiger partial charge in [-0.05, 0) is 64.2 Å². The number of carbonyl (C=O) groups excluding carboxylic acids is 1. The maximum atomic E-state index is 13.2. The molecule has 0 radical (unpaired) electrons. The van der Waals surface area contributed by atoms with Crippen molar-refractivity contribution in [1.82, 2.24) is 5.32 Å². The summed E-state index contributed by atoms with van der Waals surface area (Å²) in [6.07, 6.45) is 43.4. The molecule has 0 aromatic carbocycles. The van der Waals surface area contributed by atoms with E-state index >= 15 is 0 Å². The number of amides is 1. The molecule has 11 heteroatoms. The number of carbonyl (C=O) groups is 1. The molecule has 9 unspecified atom stereocenters. The zero-order valence-electron chi connectivity index (χ0n) is 42.9. The maximum absolute atomic E-state index is 13.2. The highest BCUT2D eigenvalue weighted by atomic mass is 16.7. The molecule has 1 aliphatic heterocycles. The first-order valence-corrected chi connectivity index (χ1v) is 27.9. The van der Waals surface area contributed by atoms with E-state index in [1.54, 1.807) is 0 Å². The molecule has 1 aliphatic rings. The Morgan fingerprint density at radius 2 is 0.970 bits per heavy atom. The van der Waals surface area contributed by atoms with E-state index in [-0.39, 0.29) is 12.8 Å².